The Kier molecular flexibility index (Phi) is 5.88. The van der Waals surface area contributed by atoms with E-state index in [1.807, 2.05) is 12.1 Å². The molecular weight excluding hydrogens is 356 g/mol. The van der Waals surface area contributed by atoms with Crippen molar-refractivity contribution in [2.24, 2.45) is 0 Å². The van der Waals surface area contributed by atoms with Crippen molar-refractivity contribution >= 4 is 27.3 Å². The molecule has 0 spiro atoms. The molecular formula is C18H22N2O3S2. The predicted molar refractivity (Wildman–Crippen MR) is 99.0 cm³/mol. The highest BCUT2D eigenvalue weighted by Gasteiger charge is 2.21. The zero-order valence-corrected chi connectivity index (χ0v) is 15.5. The molecule has 0 unspecified atom stereocenters. The highest BCUT2D eigenvalue weighted by Crippen LogP contribution is 2.29. The Bertz CT molecular complexity index is 817. The van der Waals surface area contributed by atoms with E-state index in [0.29, 0.717) is 17.1 Å². The number of rotatable bonds is 7. The van der Waals surface area contributed by atoms with Gasteiger partial charge in [0.2, 0.25) is 15.9 Å². The number of carbonyl (C=O) groups excluding carboxylic acids is 1. The summed E-state index contributed by atoms with van der Waals surface area (Å²) in [5, 5.41) is 4.81. The van der Waals surface area contributed by atoms with Crippen LogP contribution in [0.4, 0.5) is 0 Å². The van der Waals surface area contributed by atoms with Gasteiger partial charge in [-0.25, -0.2) is 13.1 Å². The summed E-state index contributed by atoms with van der Waals surface area (Å²) in [5.41, 5.74) is 2.52. The third kappa shape index (κ3) is 4.68. The molecule has 1 aromatic heterocycles. The first-order valence-electron chi connectivity index (χ1n) is 8.46. The summed E-state index contributed by atoms with van der Waals surface area (Å²) in [6.45, 7) is 0.259. The standard InChI is InChI=1S/C18H22N2O3S2/c21-17(10-4-12-19-25(22,23)18-11-5-13-24-18)20-16-9-3-7-14-6-1-2-8-15(14)16/h1-2,5-6,8,11,13,16,19H,3-4,7,9-10,12H2,(H,20,21)/t16-/m0/s1. The maximum absolute atomic E-state index is 12.2. The maximum Gasteiger partial charge on any atom is 0.250 e. The second-order valence-corrected chi connectivity index (χ2v) is 9.09. The van der Waals surface area contributed by atoms with Crippen LogP contribution in [-0.4, -0.2) is 20.9 Å². The van der Waals surface area contributed by atoms with Crippen molar-refractivity contribution in [2.75, 3.05) is 6.54 Å². The topological polar surface area (TPSA) is 75.3 Å². The smallest absolute Gasteiger partial charge is 0.250 e. The highest BCUT2D eigenvalue weighted by atomic mass is 32.2. The van der Waals surface area contributed by atoms with Crippen molar-refractivity contribution in [1.29, 1.82) is 0 Å². The number of thiophene rings is 1. The lowest BCUT2D eigenvalue weighted by molar-refractivity contribution is -0.122. The van der Waals surface area contributed by atoms with Crippen LogP contribution >= 0.6 is 11.3 Å². The fourth-order valence-corrected chi connectivity index (χ4v) is 5.22. The summed E-state index contributed by atoms with van der Waals surface area (Å²) in [6.07, 6.45) is 3.87. The summed E-state index contributed by atoms with van der Waals surface area (Å²) in [4.78, 5) is 12.2. The number of aryl methyl sites for hydroxylation is 1. The molecule has 0 radical (unpaired) electrons. The number of hydrogen-bond acceptors (Lipinski definition) is 4. The summed E-state index contributed by atoms with van der Waals surface area (Å²) in [5.74, 6) is -0.0305. The van der Waals surface area contributed by atoms with Crippen LogP contribution in [0.15, 0.2) is 46.0 Å². The Morgan fingerprint density at radius 2 is 2.04 bits per heavy atom. The summed E-state index contributed by atoms with van der Waals surface area (Å²) in [6, 6.07) is 11.6. The average Bonchev–Trinajstić information content (AvgIpc) is 3.15. The van der Waals surface area contributed by atoms with Gasteiger partial charge in [0, 0.05) is 13.0 Å². The molecule has 1 amide bonds. The molecule has 25 heavy (non-hydrogen) atoms. The average molecular weight is 379 g/mol. The van der Waals surface area contributed by atoms with Crippen molar-refractivity contribution in [3.8, 4) is 0 Å². The molecule has 134 valence electrons. The summed E-state index contributed by atoms with van der Waals surface area (Å²) in [7, 11) is -3.45. The van der Waals surface area contributed by atoms with Gasteiger partial charge in [-0.3, -0.25) is 4.79 Å². The lowest BCUT2D eigenvalue weighted by Crippen LogP contribution is -2.31. The zero-order chi connectivity index (χ0) is 17.7. The largest absolute Gasteiger partial charge is 0.349 e. The van der Waals surface area contributed by atoms with Crippen molar-refractivity contribution in [2.45, 2.75) is 42.4 Å². The predicted octanol–water partition coefficient (Wildman–Crippen LogP) is 3.00. The lowest BCUT2D eigenvalue weighted by Gasteiger charge is -2.26. The van der Waals surface area contributed by atoms with E-state index < -0.39 is 10.0 Å². The number of nitrogens with one attached hydrogen (secondary N) is 2. The molecule has 7 heteroatoms. The summed E-state index contributed by atoms with van der Waals surface area (Å²) >= 11 is 1.18. The Morgan fingerprint density at radius 3 is 2.84 bits per heavy atom. The third-order valence-corrected chi connectivity index (χ3v) is 7.20. The van der Waals surface area contributed by atoms with E-state index in [0.717, 1.165) is 19.3 Å². The first-order chi connectivity index (χ1) is 12.1. The number of carbonyl (C=O) groups is 1. The minimum atomic E-state index is -3.45. The van der Waals surface area contributed by atoms with Crippen molar-refractivity contribution < 1.29 is 13.2 Å². The second-order valence-electron chi connectivity index (χ2n) is 6.14. The molecule has 0 saturated carbocycles. The number of amides is 1. The Morgan fingerprint density at radius 1 is 1.20 bits per heavy atom. The number of sulfonamides is 1. The first-order valence-corrected chi connectivity index (χ1v) is 10.8. The Hall–Kier alpha value is -1.70. The highest BCUT2D eigenvalue weighted by molar-refractivity contribution is 7.91. The minimum absolute atomic E-state index is 0.0305. The molecule has 1 atom stereocenters. The minimum Gasteiger partial charge on any atom is -0.349 e. The second kappa shape index (κ2) is 8.12. The van der Waals surface area contributed by atoms with Gasteiger partial charge in [-0.15, -0.1) is 11.3 Å². The lowest BCUT2D eigenvalue weighted by atomic mass is 9.87. The van der Waals surface area contributed by atoms with Crippen LogP contribution in [0.5, 0.6) is 0 Å². The SMILES string of the molecule is O=C(CCCNS(=O)(=O)c1cccs1)N[C@H]1CCCc2ccccc21. The van der Waals surface area contributed by atoms with Gasteiger partial charge < -0.3 is 5.32 Å². The van der Waals surface area contributed by atoms with Crippen molar-refractivity contribution in [3.05, 3.63) is 52.9 Å². The molecule has 3 rings (SSSR count). The molecule has 0 saturated heterocycles. The van der Waals surface area contributed by atoms with E-state index in [1.54, 1.807) is 17.5 Å². The molecule has 1 heterocycles. The monoisotopic (exact) mass is 378 g/mol. The fourth-order valence-electron chi connectivity index (χ4n) is 3.11. The number of fused-ring (bicyclic) bond motifs is 1. The normalized spacial score (nSPS) is 17.0. The van der Waals surface area contributed by atoms with Gasteiger partial charge in [-0.05, 0) is 48.3 Å². The molecule has 1 aliphatic rings. The molecule has 5 nitrogen and oxygen atoms in total. The Labute approximate surface area is 152 Å². The van der Waals surface area contributed by atoms with Crippen molar-refractivity contribution in [1.82, 2.24) is 10.0 Å². The van der Waals surface area contributed by atoms with Gasteiger partial charge in [-0.2, -0.15) is 0 Å². The number of hydrogen-bond donors (Lipinski definition) is 2. The van der Waals surface area contributed by atoms with Crippen LogP contribution < -0.4 is 10.0 Å². The van der Waals surface area contributed by atoms with Crippen LogP contribution in [0, 0.1) is 0 Å². The molecule has 2 aromatic rings. The molecule has 1 aromatic carbocycles. The fraction of sp³-hybridized carbons (Fsp3) is 0.389. The van der Waals surface area contributed by atoms with Gasteiger partial charge in [0.05, 0.1) is 6.04 Å². The Balaban J connectivity index is 1.45. The van der Waals surface area contributed by atoms with Crippen molar-refractivity contribution in [3.63, 3.8) is 0 Å². The molecule has 2 N–H and O–H groups in total. The molecule has 0 aliphatic heterocycles. The number of benzene rings is 1. The first kappa shape index (κ1) is 18.1. The molecule has 1 aliphatic carbocycles. The molecule has 0 fully saturated rings. The molecule has 0 bridgehead atoms. The summed E-state index contributed by atoms with van der Waals surface area (Å²) < 4.78 is 26.8. The van der Waals surface area contributed by atoms with E-state index in [1.165, 1.54) is 22.5 Å². The quantitative estimate of drug-likeness (QED) is 0.727. The van der Waals surface area contributed by atoms with Crippen LogP contribution in [0.25, 0.3) is 0 Å². The van der Waals surface area contributed by atoms with E-state index in [4.69, 9.17) is 0 Å². The van der Waals surface area contributed by atoms with Crippen LogP contribution in [0.1, 0.15) is 42.9 Å². The van der Waals surface area contributed by atoms with E-state index in [2.05, 4.69) is 22.2 Å². The van der Waals surface area contributed by atoms with Crippen LogP contribution in [0.3, 0.4) is 0 Å². The van der Waals surface area contributed by atoms with E-state index in [9.17, 15) is 13.2 Å². The van der Waals surface area contributed by atoms with Gasteiger partial charge in [-0.1, -0.05) is 30.3 Å². The van der Waals surface area contributed by atoms with Gasteiger partial charge in [0.25, 0.3) is 0 Å². The van der Waals surface area contributed by atoms with Crippen LogP contribution in [-0.2, 0) is 21.2 Å². The zero-order valence-electron chi connectivity index (χ0n) is 13.9. The van der Waals surface area contributed by atoms with Crippen LogP contribution in [0.2, 0.25) is 0 Å². The van der Waals surface area contributed by atoms with E-state index >= 15 is 0 Å². The maximum atomic E-state index is 12.2. The van der Waals surface area contributed by atoms with Gasteiger partial charge in [0.15, 0.2) is 0 Å². The van der Waals surface area contributed by atoms with Gasteiger partial charge in [0.1, 0.15) is 4.21 Å². The van der Waals surface area contributed by atoms with E-state index in [-0.39, 0.29) is 18.5 Å². The van der Waals surface area contributed by atoms with Gasteiger partial charge >= 0.3 is 0 Å². The third-order valence-electron chi connectivity index (χ3n) is 4.34.